The number of likely N-dealkylation sites (tertiary alicyclic amines) is 1. The van der Waals surface area contributed by atoms with Gasteiger partial charge in [-0.1, -0.05) is 18.5 Å². The SMILES string of the molecule is Cc1c(F)ccc(-c2ncccn2)c1C(=O)N1CCCC(C)C1CNc1nc2cc(Cl)ccc2o1. The fraction of sp³-hybridized carbons (Fsp3) is 0.308. The van der Waals surface area contributed by atoms with E-state index in [0.717, 1.165) is 12.8 Å². The number of nitrogens with zero attached hydrogens (tertiary/aromatic N) is 4. The number of piperidine rings is 1. The number of oxazole rings is 1. The maximum Gasteiger partial charge on any atom is 0.295 e. The Bertz CT molecular complexity index is 1380. The van der Waals surface area contributed by atoms with Crippen molar-refractivity contribution < 1.29 is 13.6 Å². The minimum atomic E-state index is -0.432. The summed E-state index contributed by atoms with van der Waals surface area (Å²) in [4.78, 5) is 28.8. The maximum atomic E-state index is 14.6. The van der Waals surface area contributed by atoms with Gasteiger partial charge in [0.2, 0.25) is 0 Å². The molecule has 3 heterocycles. The Morgan fingerprint density at radius 3 is 2.86 bits per heavy atom. The van der Waals surface area contributed by atoms with E-state index in [-0.39, 0.29) is 17.9 Å². The van der Waals surface area contributed by atoms with Crippen molar-refractivity contribution in [1.82, 2.24) is 19.9 Å². The first-order valence-electron chi connectivity index (χ1n) is 11.6. The Morgan fingerprint density at radius 1 is 1.26 bits per heavy atom. The van der Waals surface area contributed by atoms with Crippen molar-refractivity contribution in [3.63, 3.8) is 0 Å². The highest BCUT2D eigenvalue weighted by molar-refractivity contribution is 6.31. The average Bonchev–Trinajstić information content (AvgIpc) is 3.26. The number of amides is 1. The topological polar surface area (TPSA) is 84.2 Å². The van der Waals surface area contributed by atoms with E-state index in [9.17, 15) is 9.18 Å². The molecule has 2 aromatic carbocycles. The summed E-state index contributed by atoms with van der Waals surface area (Å²) in [5.41, 5.74) is 2.40. The van der Waals surface area contributed by atoms with Gasteiger partial charge < -0.3 is 14.6 Å². The van der Waals surface area contributed by atoms with E-state index in [1.165, 1.54) is 6.07 Å². The molecule has 5 rings (SSSR count). The van der Waals surface area contributed by atoms with Crippen LogP contribution in [0.25, 0.3) is 22.5 Å². The van der Waals surface area contributed by atoms with E-state index in [1.807, 2.05) is 4.90 Å². The second-order valence-corrected chi connectivity index (χ2v) is 9.30. The van der Waals surface area contributed by atoms with E-state index >= 15 is 0 Å². The molecular weight excluding hydrogens is 469 g/mol. The highest BCUT2D eigenvalue weighted by Gasteiger charge is 2.35. The number of aromatic nitrogens is 3. The number of rotatable bonds is 5. The number of anilines is 1. The Kier molecular flexibility index (Phi) is 6.38. The summed E-state index contributed by atoms with van der Waals surface area (Å²) < 4.78 is 20.4. The van der Waals surface area contributed by atoms with Gasteiger partial charge in [-0.2, -0.15) is 4.98 Å². The van der Waals surface area contributed by atoms with Gasteiger partial charge in [-0.3, -0.25) is 4.79 Å². The molecule has 1 fully saturated rings. The second-order valence-electron chi connectivity index (χ2n) is 8.86. The number of benzene rings is 2. The summed E-state index contributed by atoms with van der Waals surface area (Å²) in [5, 5.41) is 3.83. The minimum absolute atomic E-state index is 0.137. The molecule has 0 aliphatic carbocycles. The van der Waals surface area contributed by atoms with Crippen molar-refractivity contribution in [3.8, 4) is 11.4 Å². The molecule has 4 aromatic rings. The summed E-state index contributed by atoms with van der Waals surface area (Å²) in [6.07, 6.45) is 5.07. The van der Waals surface area contributed by atoms with E-state index in [4.69, 9.17) is 16.0 Å². The van der Waals surface area contributed by atoms with Crippen LogP contribution in [0.15, 0.2) is 53.2 Å². The molecule has 2 unspecified atom stereocenters. The van der Waals surface area contributed by atoms with Crippen LogP contribution in [0.1, 0.15) is 35.7 Å². The van der Waals surface area contributed by atoms with Gasteiger partial charge in [0, 0.05) is 36.1 Å². The summed E-state index contributed by atoms with van der Waals surface area (Å²) in [6, 6.07) is 10.1. The van der Waals surface area contributed by atoms with E-state index in [0.29, 0.717) is 57.7 Å². The fourth-order valence-electron chi connectivity index (χ4n) is 4.71. The number of hydrogen-bond donors (Lipinski definition) is 1. The Labute approximate surface area is 207 Å². The Hall–Kier alpha value is -3.52. The molecule has 1 saturated heterocycles. The number of halogens is 2. The first-order valence-corrected chi connectivity index (χ1v) is 12.0. The summed E-state index contributed by atoms with van der Waals surface area (Å²) in [7, 11) is 0. The molecule has 0 radical (unpaired) electrons. The molecule has 0 saturated carbocycles. The zero-order valence-electron chi connectivity index (χ0n) is 19.5. The highest BCUT2D eigenvalue weighted by Crippen LogP contribution is 2.31. The number of carbonyl (C=O) groups excluding carboxylic acids is 1. The van der Waals surface area contributed by atoms with Gasteiger partial charge in [-0.15, -0.1) is 0 Å². The van der Waals surface area contributed by atoms with Crippen molar-refractivity contribution >= 4 is 34.6 Å². The van der Waals surface area contributed by atoms with Crippen LogP contribution >= 0.6 is 11.6 Å². The average molecular weight is 494 g/mol. The lowest BCUT2D eigenvalue weighted by molar-refractivity contribution is 0.0538. The molecule has 0 spiro atoms. The number of hydrogen-bond acceptors (Lipinski definition) is 6. The highest BCUT2D eigenvalue weighted by atomic mass is 35.5. The lowest BCUT2D eigenvalue weighted by Crippen LogP contribution is -2.51. The third-order valence-corrected chi connectivity index (χ3v) is 6.84. The molecule has 1 amide bonds. The molecule has 35 heavy (non-hydrogen) atoms. The molecular formula is C26H25ClFN5O2. The summed E-state index contributed by atoms with van der Waals surface area (Å²) in [6.45, 7) is 4.76. The van der Waals surface area contributed by atoms with Gasteiger partial charge in [0.15, 0.2) is 11.4 Å². The lowest BCUT2D eigenvalue weighted by Gasteiger charge is -2.40. The molecule has 1 N–H and O–H groups in total. The summed E-state index contributed by atoms with van der Waals surface area (Å²) in [5.74, 6) is -0.0433. The van der Waals surface area contributed by atoms with Gasteiger partial charge in [0.1, 0.15) is 11.3 Å². The second kappa shape index (κ2) is 9.62. The minimum Gasteiger partial charge on any atom is -0.424 e. The van der Waals surface area contributed by atoms with Crippen molar-refractivity contribution in [2.24, 2.45) is 5.92 Å². The van der Waals surface area contributed by atoms with Crippen molar-refractivity contribution in [2.45, 2.75) is 32.7 Å². The Morgan fingerprint density at radius 2 is 2.06 bits per heavy atom. The van der Waals surface area contributed by atoms with Crippen LogP contribution in [0.3, 0.4) is 0 Å². The Balaban J connectivity index is 1.45. The van der Waals surface area contributed by atoms with Gasteiger partial charge in [0.25, 0.3) is 11.9 Å². The number of carbonyl (C=O) groups is 1. The number of fused-ring (bicyclic) bond motifs is 1. The van der Waals surface area contributed by atoms with Gasteiger partial charge in [0.05, 0.1) is 11.6 Å². The van der Waals surface area contributed by atoms with E-state index in [1.54, 1.807) is 49.6 Å². The van der Waals surface area contributed by atoms with Crippen LogP contribution in [0.2, 0.25) is 5.02 Å². The predicted octanol–water partition coefficient (Wildman–Crippen LogP) is 5.74. The molecule has 7 nitrogen and oxygen atoms in total. The molecule has 2 aromatic heterocycles. The standard InChI is InChI=1S/C26H25ClFN5O2/c1-15-5-3-12-33(21(15)14-31-26-32-20-13-17(27)6-9-22(20)35-26)25(34)23-16(2)19(28)8-7-18(23)24-29-10-4-11-30-24/h4,6-11,13,15,21H,3,5,12,14H2,1-2H3,(H,31,32). The third kappa shape index (κ3) is 4.58. The van der Waals surface area contributed by atoms with E-state index in [2.05, 4.69) is 27.2 Å². The monoisotopic (exact) mass is 493 g/mol. The van der Waals surface area contributed by atoms with Crippen LogP contribution in [0, 0.1) is 18.7 Å². The molecule has 1 aliphatic rings. The van der Waals surface area contributed by atoms with Crippen LogP contribution in [0.4, 0.5) is 10.4 Å². The molecule has 0 bridgehead atoms. The fourth-order valence-corrected chi connectivity index (χ4v) is 4.88. The first kappa shape index (κ1) is 23.2. The van der Waals surface area contributed by atoms with Crippen molar-refractivity contribution in [1.29, 1.82) is 0 Å². The predicted molar refractivity (Wildman–Crippen MR) is 133 cm³/mol. The largest absolute Gasteiger partial charge is 0.424 e. The number of nitrogens with one attached hydrogen (secondary N) is 1. The smallest absolute Gasteiger partial charge is 0.295 e. The molecule has 180 valence electrons. The lowest BCUT2D eigenvalue weighted by atomic mass is 9.89. The van der Waals surface area contributed by atoms with Gasteiger partial charge >= 0.3 is 0 Å². The molecule has 2 atom stereocenters. The quantitative estimate of drug-likeness (QED) is 0.381. The van der Waals surface area contributed by atoms with Crippen LogP contribution in [0.5, 0.6) is 0 Å². The van der Waals surface area contributed by atoms with Crippen LogP contribution in [-0.4, -0.2) is 44.9 Å². The summed E-state index contributed by atoms with van der Waals surface area (Å²) >= 11 is 6.06. The van der Waals surface area contributed by atoms with Gasteiger partial charge in [-0.05, 0) is 67.6 Å². The molecule has 9 heteroatoms. The maximum absolute atomic E-state index is 14.6. The normalized spacial score (nSPS) is 18.1. The first-order chi connectivity index (χ1) is 16.9. The zero-order chi connectivity index (χ0) is 24.5. The van der Waals surface area contributed by atoms with E-state index < -0.39 is 5.82 Å². The van der Waals surface area contributed by atoms with Crippen molar-refractivity contribution in [2.75, 3.05) is 18.4 Å². The molecule has 1 aliphatic heterocycles. The van der Waals surface area contributed by atoms with Crippen LogP contribution in [-0.2, 0) is 0 Å². The van der Waals surface area contributed by atoms with Crippen LogP contribution < -0.4 is 5.32 Å². The third-order valence-electron chi connectivity index (χ3n) is 6.61. The van der Waals surface area contributed by atoms with Crippen molar-refractivity contribution in [3.05, 3.63) is 70.8 Å². The zero-order valence-corrected chi connectivity index (χ0v) is 20.2. The van der Waals surface area contributed by atoms with Gasteiger partial charge in [-0.25, -0.2) is 14.4 Å².